The summed E-state index contributed by atoms with van der Waals surface area (Å²) in [6.07, 6.45) is 0. The number of rotatable bonds is 2. The molecule has 6 nitrogen and oxygen atoms in total. The van der Waals surface area contributed by atoms with E-state index in [4.69, 9.17) is 9.15 Å². The smallest absolute Gasteiger partial charge is 0.433 e. The molecular weight excluding hydrogens is 188 g/mol. The SMILES string of the molecule is C=C1CN=C(c2ccc([N+](=O)[O-])o2)O1. The maximum absolute atomic E-state index is 10.3. The van der Waals surface area contributed by atoms with Crippen molar-refractivity contribution in [2.75, 3.05) is 6.54 Å². The number of nitrogens with zero attached hydrogens (tertiary/aromatic N) is 2. The summed E-state index contributed by atoms with van der Waals surface area (Å²) in [6.45, 7) is 3.92. The van der Waals surface area contributed by atoms with Crippen molar-refractivity contribution in [3.63, 3.8) is 0 Å². The highest BCUT2D eigenvalue weighted by atomic mass is 16.6. The lowest BCUT2D eigenvalue weighted by Crippen LogP contribution is -1.97. The minimum atomic E-state index is -0.617. The average Bonchev–Trinajstić information content (AvgIpc) is 2.70. The summed E-state index contributed by atoms with van der Waals surface area (Å²) in [4.78, 5) is 13.6. The summed E-state index contributed by atoms with van der Waals surface area (Å²) >= 11 is 0. The van der Waals surface area contributed by atoms with Gasteiger partial charge in [-0.25, -0.2) is 4.99 Å². The van der Waals surface area contributed by atoms with Gasteiger partial charge in [-0.1, -0.05) is 6.58 Å². The zero-order chi connectivity index (χ0) is 10.1. The maximum atomic E-state index is 10.3. The molecule has 0 spiro atoms. The van der Waals surface area contributed by atoms with Gasteiger partial charge >= 0.3 is 5.88 Å². The van der Waals surface area contributed by atoms with Gasteiger partial charge in [0.15, 0.2) is 5.76 Å². The second-order valence-electron chi connectivity index (χ2n) is 2.66. The van der Waals surface area contributed by atoms with Gasteiger partial charge in [-0.2, -0.15) is 0 Å². The van der Waals surface area contributed by atoms with E-state index in [9.17, 15) is 10.1 Å². The highest BCUT2D eigenvalue weighted by molar-refractivity contribution is 5.93. The van der Waals surface area contributed by atoms with Crippen LogP contribution in [0.15, 0.2) is 33.9 Å². The number of hydrogen-bond donors (Lipinski definition) is 0. The molecule has 1 aliphatic heterocycles. The fourth-order valence-corrected chi connectivity index (χ4v) is 1.03. The van der Waals surface area contributed by atoms with E-state index in [0.29, 0.717) is 12.3 Å². The fourth-order valence-electron chi connectivity index (χ4n) is 1.03. The molecule has 0 N–H and O–H groups in total. The number of nitro groups is 1. The molecule has 0 fully saturated rings. The molecule has 0 saturated heterocycles. The van der Waals surface area contributed by atoms with Gasteiger partial charge in [0, 0.05) is 0 Å². The van der Waals surface area contributed by atoms with E-state index in [1.165, 1.54) is 12.1 Å². The monoisotopic (exact) mass is 194 g/mol. The van der Waals surface area contributed by atoms with Gasteiger partial charge in [-0.3, -0.25) is 10.1 Å². The Bertz CT molecular complexity index is 432. The van der Waals surface area contributed by atoms with Gasteiger partial charge in [-0.05, 0) is 6.07 Å². The topological polar surface area (TPSA) is 77.9 Å². The van der Waals surface area contributed by atoms with Crippen molar-refractivity contribution in [3.05, 3.63) is 40.3 Å². The van der Waals surface area contributed by atoms with Gasteiger partial charge in [0.05, 0.1) is 6.07 Å². The van der Waals surface area contributed by atoms with Crippen molar-refractivity contribution in [1.82, 2.24) is 0 Å². The van der Waals surface area contributed by atoms with Crippen LogP contribution in [0.3, 0.4) is 0 Å². The summed E-state index contributed by atoms with van der Waals surface area (Å²) < 4.78 is 9.96. The minimum Gasteiger partial charge on any atom is -0.439 e. The molecule has 0 unspecified atom stereocenters. The Kier molecular flexibility index (Phi) is 1.81. The highest BCUT2D eigenvalue weighted by Gasteiger charge is 2.20. The van der Waals surface area contributed by atoms with Crippen molar-refractivity contribution in [2.24, 2.45) is 4.99 Å². The van der Waals surface area contributed by atoms with Crippen LogP contribution in [0.1, 0.15) is 5.76 Å². The molecule has 1 aromatic heterocycles. The molecule has 0 aliphatic carbocycles. The Morgan fingerprint density at radius 3 is 2.86 bits per heavy atom. The first-order valence-electron chi connectivity index (χ1n) is 3.81. The Labute approximate surface area is 78.7 Å². The lowest BCUT2D eigenvalue weighted by molar-refractivity contribution is -0.402. The molecule has 2 rings (SSSR count). The molecule has 2 heterocycles. The summed E-state index contributed by atoms with van der Waals surface area (Å²) in [5.41, 5.74) is 0. The third-order valence-corrected chi connectivity index (χ3v) is 1.62. The quantitative estimate of drug-likeness (QED) is 0.527. The van der Waals surface area contributed by atoms with Crippen LogP contribution in [0.5, 0.6) is 0 Å². The van der Waals surface area contributed by atoms with Crippen molar-refractivity contribution < 1.29 is 14.1 Å². The van der Waals surface area contributed by atoms with Crippen LogP contribution < -0.4 is 0 Å². The zero-order valence-electron chi connectivity index (χ0n) is 7.10. The number of hydrogen-bond acceptors (Lipinski definition) is 5. The normalized spacial score (nSPS) is 15.1. The highest BCUT2D eigenvalue weighted by Crippen LogP contribution is 2.20. The number of aliphatic imine (C=N–C) groups is 1. The minimum absolute atomic E-state index is 0.239. The second kappa shape index (κ2) is 2.99. The predicted octanol–water partition coefficient (Wildman–Crippen LogP) is 1.48. The Balaban J connectivity index is 2.25. The van der Waals surface area contributed by atoms with Crippen molar-refractivity contribution in [2.45, 2.75) is 0 Å². The molecular formula is C8H6N2O4. The Morgan fingerprint density at radius 1 is 1.57 bits per heavy atom. The molecule has 0 amide bonds. The van der Waals surface area contributed by atoms with Crippen molar-refractivity contribution >= 4 is 11.8 Å². The van der Waals surface area contributed by atoms with E-state index in [0.717, 1.165) is 0 Å². The van der Waals surface area contributed by atoms with E-state index in [-0.39, 0.29) is 17.5 Å². The third kappa shape index (κ3) is 1.37. The van der Waals surface area contributed by atoms with E-state index in [1.807, 2.05) is 0 Å². The van der Waals surface area contributed by atoms with E-state index < -0.39 is 4.92 Å². The molecule has 6 heteroatoms. The first-order chi connectivity index (χ1) is 6.66. The fraction of sp³-hybridized carbons (Fsp3) is 0.125. The van der Waals surface area contributed by atoms with Gasteiger partial charge in [0.2, 0.25) is 0 Å². The molecule has 0 aromatic carbocycles. The Hall–Kier alpha value is -2.11. The summed E-state index contributed by atoms with van der Waals surface area (Å²) in [6, 6.07) is 2.69. The number of ether oxygens (including phenoxy) is 1. The lowest BCUT2D eigenvalue weighted by atomic mass is 10.4. The lowest BCUT2D eigenvalue weighted by Gasteiger charge is -1.95. The van der Waals surface area contributed by atoms with Crippen molar-refractivity contribution in [1.29, 1.82) is 0 Å². The van der Waals surface area contributed by atoms with Gasteiger partial charge in [-0.15, -0.1) is 0 Å². The summed E-state index contributed by atoms with van der Waals surface area (Å²) in [5.74, 6) is 0.654. The molecule has 0 radical (unpaired) electrons. The van der Waals surface area contributed by atoms with Crippen LogP contribution >= 0.6 is 0 Å². The van der Waals surface area contributed by atoms with Crippen LogP contribution in [0.25, 0.3) is 0 Å². The molecule has 1 aliphatic rings. The van der Waals surface area contributed by atoms with E-state index in [1.54, 1.807) is 0 Å². The Morgan fingerprint density at radius 2 is 2.36 bits per heavy atom. The predicted molar refractivity (Wildman–Crippen MR) is 47.0 cm³/mol. The van der Waals surface area contributed by atoms with Crippen LogP contribution in [-0.4, -0.2) is 17.4 Å². The van der Waals surface area contributed by atoms with E-state index >= 15 is 0 Å². The summed E-state index contributed by atoms with van der Waals surface area (Å²) in [7, 11) is 0. The zero-order valence-corrected chi connectivity index (χ0v) is 7.10. The standard InChI is InChI=1S/C8H6N2O4/c1-5-4-9-8(13-5)6-2-3-7(14-6)10(11)12/h2-3H,1,4H2. The van der Waals surface area contributed by atoms with Crippen LogP contribution in [0.4, 0.5) is 5.88 Å². The van der Waals surface area contributed by atoms with Gasteiger partial charge < -0.3 is 9.15 Å². The largest absolute Gasteiger partial charge is 0.439 e. The van der Waals surface area contributed by atoms with Crippen LogP contribution in [-0.2, 0) is 4.74 Å². The molecule has 14 heavy (non-hydrogen) atoms. The van der Waals surface area contributed by atoms with Crippen LogP contribution in [0, 0.1) is 10.1 Å². The molecule has 72 valence electrons. The molecule has 0 saturated carbocycles. The third-order valence-electron chi connectivity index (χ3n) is 1.62. The first kappa shape index (κ1) is 8.49. The number of furan rings is 1. The van der Waals surface area contributed by atoms with Crippen molar-refractivity contribution in [3.8, 4) is 0 Å². The molecule has 0 bridgehead atoms. The summed E-state index contributed by atoms with van der Waals surface area (Å²) in [5, 5.41) is 10.3. The van der Waals surface area contributed by atoms with Gasteiger partial charge in [0.1, 0.15) is 17.2 Å². The first-order valence-corrected chi connectivity index (χ1v) is 3.81. The van der Waals surface area contributed by atoms with E-state index in [2.05, 4.69) is 11.6 Å². The molecule has 1 aromatic rings. The van der Waals surface area contributed by atoms with Gasteiger partial charge in [0.25, 0.3) is 5.90 Å². The average molecular weight is 194 g/mol. The van der Waals surface area contributed by atoms with Crippen LogP contribution in [0.2, 0.25) is 0 Å². The molecule has 0 atom stereocenters. The maximum Gasteiger partial charge on any atom is 0.433 e. The second-order valence-corrected chi connectivity index (χ2v) is 2.66.